The summed E-state index contributed by atoms with van der Waals surface area (Å²) in [5, 5.41) is 4.24. The Hall–Kier alpha value is -1.30. The van der Waals surface area contributed by atoms with Crippen LogP contribution in [0.5, 0.6) is 0 Å². The maximum Gasteiger partial charge on any atom is 0.409 e. The number of hydrogen-bond donors (Lipinski definition) is 0. The van der Waals surface area contributed by atoms with E-state index in [9.17, 15) is 4.79 Å². The van der Waals surface area contributed by atoms with Gasteiger partial charge in [-0.2, -0.15) is 0 Å². The fourth-order valence-electron chi connectivity index (χ4n) is 5.67. The molecule has 1 amide bonds. The zero-order valence-corrected chi connectivity index (χ0v) is 15.7. The summed E-state index contributed by atoms with van der Waals surface area (Å²) in [5.41, 5.74) is 1.62. The van der Waals surface area contributed by atoms with Crippen molar-refractivity contribution in [3.05, 3.63) is 0 Å². The number of rotatable bonds is 5. The van der Waals surface area contributed by atoms with Crippen LogP contribution in [0.2, 0.25) is 0 Å². The summed E-state index contributed by atoms with van der Waals surface area (Å²) >= 11 is 0. The number of fused-ring (bicyclic) bond motifs is 1. The second-order valence-electron chi connectivity index (χ2n) is 8.36. The van der Waals surface area contributed by atoms with Crippen molar-refractivity contribution < 1.29 is 14.4 Å². The van der Waals surface area contributed by atoms with Gasteiger partial charge in [0.05, 0.1) is 12.3 Å². The molecule has 4 rings (SSSR count). The minimum Gasteiger partial charge on any atom is -0.450 e. The predicted octanol–water partition coefficient (Wildman–Crippen LogP) is 2.59. The maximum absolute atomic E-state index is 11.9. The van der Waals surface area contributed by atoms with E-state index in [0.29, 0.717) is 17.9 Å². The Morgan fingerprint density at radius 2 is 1.96 bits per heavy atom. The first-order chi connectivity index (χ1) is 12.1. The third kappa shape index (κ3) is 2.92. The number of likely N-dealkylation sites (tertiary alicyclic amines) is 2. The molecule has 0 aromatic heterocycles. The number of ether oxygens (including phenoxy) is 1. The molecular weight excluding hydrogens is 318 g/mol. The van der Waals surface area contributed by atoms with Crippen LogP contribution in [-0.4, -0.2) is 67.5 Å². The molecule has 25 heavy (non-hydrogen) atoms. The van der Waals surface area contributed by atoms with Gasteiger partial charge in [-0.15, -0.1) is 0 Å². The zero-order chi connectivity index (χ0) is 17.6. The smallest absolute Gasteiger partial charge is 0.409 e. The Morgan fingerprint density at radius 3 is 2.56 bits per heavy atom. The van der Waals surface area contributed by atoms with E-state index < -0.39 is 0 Å². The van der Waals surface area contributed by atoms with Crippen molar-refractivity contribution in [3.63, 3.8) is 0 Å². The molecule has 6 nitrogen and oxygen atoms in total. The monoisotopic (exact) mass is 349 g/mol. The number of amides is 1. The van der Waals surface area contributed by atoms with Crippen molar-refractivity contribution in [2.24, 2.45) is 28.3 Å². The lowest BCUT2D eigenvalue weighted by Crippen LogP contribution is -2.52. The molecule has 0 bridgehead atoms. The Labute approximate surface area is 150 Å². The minimum atomic E-state index is -0.127. The van der Waals surface area contributed by atoms with Gasteiger partial charge in [0.25, 0.3) is 0 Å². The highest BCUT2D eigenvalue weighted by atomic mass is 16.6. The predicted molar refractivity (Wildman–Crippen MR) is 95.4 cm³/mol. The molecule has 2 heterocycles. The van der Waals surface area contributed by atoms with E-state index in [0.717, 1.165) is 43.8 Å². The molecule has 0 radical (unpaired) electrons. The van der Waals surface area contributed by atoms with Crippen LogP contribution < -0.4 is 0 Å². The summed E-state index contributed by atoms with van der Waals surface area (Å²) in [6.45, 7) is 8.72. The average molecular weight is 349 g/mol. The number of oxime groups is 1. The molecule has 2 aliphatic carbocycles. The van der Waals surface area contributed by atoms with Crippen molar-refractivity contribution in [1.29, 1.82) is 0 Å². The van der Waals surface area contributed by atoms with Crippen molar-refractivity contribution >= 4 is 11.8 Å². The van der Waals surface area contributed by atoms with Crippen LogP contribution in [0.3, 0.4) is 0 Å². The van der Waals surface area contributed by atoms with Crippen LogP contribution in [0.4, 0.5) is 4.79 Å². The van der Waals surface area contributed by atoms with Gasteiger partial charge in [-0.3, -0.25) is 4.90 Å². The van der Waals surface area contributed by atoms with Crippen molar-refractivity contribution in [2.75, 3.05) is 39.9 Å². The van der Waals surface area contributed by atoms with E-state index in [1.807, 2.05) is 11.8 Å². The maximum atomic E-state index is 11.9. The van der Waals surface area contributed by atoms with Gasteiger partial charge in [0, 0.05) is 38.1 Å². The molecule has 0 N–H and O–H groups in total. The number of carbonyl (C=O) groups excluding carboxylic acids is 1. The lowest BCUT2D eigenvalue weighted by molar-refractivity contribution is 0.0115. The summed E-state index contributed by atoms with van der Waals surface area (Å²) in [6.07, 6.45) is 4.52. The number of carbonyl (C=O) groups is 1. The molecule has 0 aromatic carbocycles. The molecule has 6 heteroatoms. The summed E-state index contributed by atoms with van der Waals surface area (Å²) in [4.78, 5) is 21.5. The molecule has 4 fully saturated rings. The third-order valence-corrected chi connectivity index (χ3v) is 7.00. The standard InChI is InChI=1S/C19H31N3O3/c1-4-16(20-24-3)17-14-10-22(11-15(14)17)13-8-19(9-13)6-7-21(12-19)18(23)25-5-2/h13-15,17H,4-12H2,1-3H3/b20-16+/t13?,14-,15+,17?,19?. The summed E-state index contributed by atoms with van der Waals surface area (Å²) < 4.78 is 5.15. The van der Waals surface area contributed by atoms with E-state index in [-0.39, 0.29) is 6.09 Å². The van der Waals surface area contributed by atoms with E-state index >= 15 is 0 Å². The van der Waals surface area contributed by atoms with Gasteiger partial charge in [-0.05, 0) is 49.9 Å². The Kier molecular flexibility index (Phi) is 4.42. The van der Waals surface area contributed by atoms with Gasteiger partial charge in [0.15, 0.2) is 0 Å². The summed E-state index contributed by atoms with van der Waals surface area (Å²) in [5.74, 6) is 2.26. The van der Waals surface area contributed by atoms with E-state index in [4.69, 9.17) is 9.57 Å². The number of piperidine rings is 1. The third-order valence-electron chi connectivity index (χ3n) is 7.00. The van der Waals surface area contributed by atoms with Gasteiger partial charge < -0.3 is 14.5 Å². The van der Waals surface area contributed by atoms with Crippen molar-refractivity contribution in [2.45, 2.75) is 45.6 Å². The molecule has 2 aliphatic heterocycles. The van der Waals surface area contributed by atoms with Crippen LogP contribution in [0.1, 0.15) is 39.5 Å². The van der Waals surface area contributed by atoms with Crippen LogP contribution in [0, 0.1) is 23.2 Å². The zero-order valence-electron chi connectivity index (χ0n) is 15.7. The lowest BCUT2D eigenvalue weighted by Gasteiger charge is -2.49. The van der Waals surface area contributed by atoms with Gasteiger partial charge >= 0.3 is 6.09 Å². The first-order valence-electron chi connectivity index (χ1n) is 9.86. The highest BCUT2D eigenvalue weighted by Crippen LogP contribution is 2.57. The normalized spacial score (nSPS) is 40.1. The van der Waals surface area contributed by atoms with Crippen LogP contribution in [0.25, 0.3) is 0 Å². The first kappa shape index (κ1) is 17.1. The molecule has 2 saturated carbocycles. The topological polar surface area (TPSA) is 54.4 Å². The SMILES string of the molecule is CCOC(=O)N1CCC2(CC(N3C[C@@H]4C(/C(CC)=N/OC)[C@@H]4C3)C2)C1. The first-order valence-corrected chi connectivity index (χ1v) is 9.86. The van der Waals surface area contributed by atoms with Crippen molar-refractivity contribution in [3.8, 4) is 0 Å². The second-order valence-corrected chi connectivity index (χ2v) is 8.36. The Morgan fingerprint density at radius 1 is 1.24 bits per heavy atom. The van der Waals surface area contributed by atoms with Crippen LogP contribution >= 0.6 is 0 Å². The minimum absolute atomic E-state index is 0.127. The fraction of sp³-hybridized carbons (Fsp3) is 0.895. The second kappa shape index (κ2) is 6.45. The number of nitrogens with zero attached hydrogens (tertiary/aromatic N) is 3. The largest absolute Gasteiger partial charge is 0.450 e. The highest BCUT2D eigenvalue weighted by molar-refractivity contribution is 5.89. The Balaban J connectivity index is 1.24. The van der Waals surface area contributed by atoms with E-state index in [1.165, 1.54) is 31.6 Å². The molecule has 2 saturated heterocycles. The summed E-state index contributed by atoms with van der Waals surface area (Å²) in [7, 11) is 1.65. The molecule has 140 valence electrons. The summed E-state index contributed by atoms with van der Waals surface area (Å²) in [6, 6.07) is 0.722. The Bertz CT molecular complexity index is 546. The number of hydrogen-bond acceptors (Lipinski definition) is 5. The average Bonchev–Trinajstić information content (AvgIpc) is 2.94. The van der Waals surface area contributed by atoms with Crippen LogP contribution in [-0.2, 0) is 9.57 Å². The lowest BCUT2D eigenvalue weighted by atomic mass is 9.64. The molecular formula is C19H31N3O3. The molecule has 4 aliphatic rings. The van der Waals surface area contributed by atoms with Gasteiger partial charge in [0.1, 0.15) is 7.11 Å². The van der Waals surface area contributed by atoms with Gasteiger partial charge in [0.2, 0.25) is 0 Å². The molecule has 1 spiro atoms. The van der Waals surface area contributed by atoms with Crippen LogP contribution in [0.15, 0.2) is 5.16 Å². The fourth-order valence-corrected chi connectivity index (χ4v) is 5.67. The molecule has 3 atom stereocenters. The quantitative estimate of drug-likeness (QED) is 0.565. The van der Waals surface area contributed by atoms with Gasteiger partial charge in [-0.25, -0.2) is 4.79 Å². The van der Waals surface area contributed by atoms with E-state index in [2.05, 4.69) is 17.0 Å². The van der Waals surface area contributed by atoms with Crippen molar-refractivity contribution in [1.82, 2.24) is 9.80 Å². The highest BCUT2D eigenvalue weighted by Gasteiger charge is 2.61. The van der Waals surface area contributed by atoms with E-state index in [1.54, 1.807) is 7.11 Å². The molecule has 0 aromatic rings. The molecule has 1 unspecified atom stereocenters. The van der Waals surface area contributed by atoms with Gasteiger partial charge in [-0.1, -0.05) is 12.1 Å².